The van der Waals surface area contributed by atoms with Crippen molar-refractivity contribution in [3.05, 3.63) is 71.3 Å². The van der Waals surface area contributed by atoms with Crippen LogP contribution in [0.15, 0.2) is 54.6 Å². The Morgan fingerprint density at radius 3 is 2.41 bits per heavy atom. The summed E-state index contributed by atoms with van der Waals surface area (Å²) >= 11 is 0. The highest BCUT2D eigenvalue weighted by molar-refractivity contribution is 5.96. The van der Waals surface area contributed by atoms with Crippen LogP contribution in [-0.2, 0) is 6.42 Å². The van der Waals surface area contributed by atoms with Crippen LogP contribution in [0.5, 0.6) is 0 Å². The number of hydrogen-bond acceptors (Lipinski definition) is 2. The Morgan fingerprint density at radius 2 is 1.73 bits per heavy atom. The molecule has 0 fully saturated rings. The Bertz CT molecular complexity index is 659. The maximum Gasteiger partial charge on any atom is 0.255 e. The van der Waals surface area contributed by atoms with Gasteiger partial charge in [0.2, 0.25) is 0 Å². The molecule has 0 spiro atoms. The quantitative estimate of drug-likeness (QED) is 0.815. The van der Waals surface area contributed by atoms with E-state index in [1.165, 1.54) is 5.56 Å². The molecule has 0 heterocycles. The summed E-state index contributed by atoms with van der Waals surface area (Å²) in [5.74, 6) is -0.0602. The number of carbonyl (C=O) groups excluding carboxylic acids is 1. The Kier molecular flexibility index (Phi) is 5.73. The summed E-state index contributed by atoms with van der Waals surface area (Å²) in [6.45, 7) is 3.42. The molecule has 0 aromatic heterocycles. The van der Waals surface area contributed by atoms with E-state index in [0.29, 0.717) is 24.2 Å². The van der Waals surface area contributed by atoms with Gasteiger partial charge < -0.3 is 4.90 Å². The van der Waals surface area contributed by atoms with Crippen LogP contribution in [0.4, 0.5) is 0 Å². The van der Waals surface area contributed by atoms with Crippen molar-refractivity contribution in [2.24, 2.45) is 0 Å². The lowest BCUT2D eigenvalue weighted by Crippen LogP contribution is -2.34. The smallest absolute Gasteiger partial charge is 0.255 e. The van der Waals surface area contributed by atoms with E-state index in [9.17, 15) is 4.79 Å². The number of hydrogen-bond donors (Lipinski definition) is 0. The molecular weight excluding hydrogens is 272 g/mol. The summed E-state index contributed by atoms with van der Waals surface area (Å²) in [7, 11) is 0. The summed E-state index contributed by atoms with van der Waals surface area (Å²) in [6, 6.07) is 19.2. The van der Waals surface area contributed by atoms with Gasteiger partial charge in [0.05, 0.1) is 17.2 Å². The molecule has 0 N–H and O–H groups in total. The van der Waals surface area contributed by atoms with E-state index in [1.807, 2.05) is 23.1 Å². The zero-order valence-electron chi connectivity index (χ0n) is 12.8. The molecule has 0 aliphatic carbocycles. The molecule has 0 atom stereocenters. The van der Waals surface area contributed by atoms with Crippen molar-refractivity contribution in [3.63, 3.8) is 0 Å². The number of nitrogens with zero attached hydrogens (tertiary/aromatic N) is 2. The molecule has 0 saturated heterocycles. The van der Waals surface area contributed by atoms with Gasteiger partial charge in [-0.1, -0.05) is 49.4 Å². The first-order valence-electron chi connectivity index (χ1n) is 7.58. The highest BCUT2D eigenvalue weighted by Crippen LogP contribution is 2.12. The molecule has 2 aromatic rings. The number of rotatable bonds is 6. The fourth-order valence-corrected chi connectivity index (χ4v) is 2.43. The summed E-state index contributed by atoms with van der Waals surface area (Å²) in [6.07, 6.45) is 1.72. The molecule has 22 heavy (non-hydrogen) atoms. The van der Waals surface area contributed by atoms with Gasteiger partial charge in [-0.2, -0.15) is 5.26 Å². The predicted octanol–water partition coefficient (Wildman–Crippen LogP) is 3.65. The molecular formula is C19H20N2O. The summed E-state index contributed by atoms with van der Waals surface area (Å²) in [4.78, 5) is 14.5. The SMILES string of the molecule is CCCN(CCc1ccccc1)C(=O)c1ccccc1C#N. The molecule has 112 valence electrons. The van der Waals surface area contributed by atoms with E-state index >= 15 is 0 Å². The van der Waals surface area contributed by atoms with Gasteiger partial charge in [-0.15, -0.1) is 0 Å². The molecule has 0 unspecified atom stereocenters. The van der Waals surface area contributed by atoms with Crippen molar-refractivity contribution in [2.75, 3.05) is 13.1 Å². The van der Waals surface area contributed by atoms with E-state index in [-0.39, 0.29) is 5.91 Å². The lowest BCUT2D eigenvalue weighted by molar-refractivity contribution is 0.0757. The van der Waals surface area contributed by atoms with Crippen molar-refractivity contribution >= 4 is 5.91 Å². The van der Waals surface area contributed by atoms with E-state index < -0.39 is 0 Å². The van der Waals surface area contributed by atoms with Gasteiger partial charge in [-0.05, 0) is 30.5 Å². The second-order valence-corrected chi connectivity index (χ2v) is 5.19. The summed E-state index contributed by atoms with van der Waals surface area (Å²) in [5, 5.41) is 9.17. The maximum absolute atomic E-state index is 12.7. The average molecular weight is 292 g/mol. The molecule has 0 saturated carbocycles. The van der Waals surface area contributed by atoms with Crippen LogP contribution in [0.1, 0.15) is 34.8 Å². The van der Waals surface area contributed by atoms with Gasteiger partial charge in [-0.25, -0.2) is 0 Å². The van der Waals surface area contributed by atoms with Crippen molar-refractivity contribution < 1.29 is 4.79 Å². The van der Waals surface area contributed by atoms with Crippen molar-refractivity contribution in [1.29, 1.82) is 5.26 Å². The zero-order valence-corrected chi connectivity index (χ0v) is 12.8. The standard InChI is InChI=1S/C19H20N2O/c1-2-13-21(14-12-16-8-4-3-5-9-16)19(22)18-11-7-6-10-17(18)15-20/h3-11H,2,12-14H2,1H3. The van der Waals surface area contributed by atoms with Crippen molar-refractivity contribution in [1.82, 2.24) is 4.90 Å². The molecule has 0 aliphatic rings. The lowest BCUT2D eigenvalue weighted by Gasteiger charge is -2.22. The minimum atomic E-state index is -0.0602. The largest absolute Gasteiger partial charge is 0.338 e. The first-order valence-corrected chi connectivity index (χ1v) is 7.58. The van der Waals surface area contributed by atoms with Crippen LogP contribution < -0.4 is 0 Å². The Balaban J connectivity index is 2.13. The predicted molar refractivity (Wildman–Crippen MR) is 87.5 cm³/mol. The molecule has 2 aromatic carbocycles. The van der Waals surface area contributed by atoms with Crippen molar-refractivity contribution in [2.45, 2.75) is 19.8 Å². The molecule has 3 heteroatoms. The first-order chi connectivity index (χ1) is 10.8. The maximum atomic E-state index is 12.7. The van der Waals surface area contributed by atoms with Crippen LogP contribution in [0.3, 0.4) is 0 Å². The van der Waals surface area contributed by atoms with Gasteiger partial charge in [0.1, 0.15) is 0 Å². The molecule has 2 rings (SSSR count). The fourth-order valence-electron chi connectivity index (χ4n) is 2.43. The summed E-state index contributed by atoms with van der Waals surface area (Å²) in [5.41, 5.74) is 2.14. The van der Waals surface area contributed by atoms with E-state index in [2.05, 4.69) is 25.1 Å². The third-order valence-corrected chi connectivity index (χ3v) is 3.57. The second kappa shape index (κ2) is 7.99. The van der Waals surface area contributed by atoms with E-state index in [0.717, 1.165) is 12.8 Å². The Labute approximate surface area is 131 Å². The van der Waals surface area contributed by atoms with E-state index in [1.54, 1.807) is 24.3 Å². The Hall–Kier alpha value is -2.60. The monoisotopic (exact) mass is 292 g/mol. The van der Waals surface area contributed by atoms with Crippen LogP contribution in [0, 0.1) is 11.3 Å². The zero-order chi connectivity index (χ0) is 15.8. The minimum Gasteiger partial charge on any atom is -0.338 e. The summed E-state index contributed by atoms with van der Waals surface area (Å²) < 4.78 is 0. The fraction of sp³-hybridized carbons (Fsp3) is 0.263. The van der Waals surface area contributed by atoms with Gasteiger partial charge in [0, 0.05) is 13.1 Å². The molecule has 0 aliphatic heterocycles. The first kappa shape index (κ1) is 15.8. The number of carbonyl (C=O) groups is 1. The topological polar surface area (TPSA) is 44.1 Å². The number of nitriles is 1. The molecule has 3 nitrogen and oxygen atoms in total. The van der Waals surface area contributed by atoms with Gasteiger partial charge >= 0.3 is 0 Å². The van der Waals surface area contributed by atoms with Crippen molar-refractivity contribution in [3.8, 4) is 6.07 Å². The highest BCUT2D eigenvalue weighted by atomic mass is 16.2. The number of amides is 1. The van der Waals surface area contributed by atoms with Crippen LogP contribution >= 0.6 is 0 Å². The van der Waals surface area contributed by atoms with E-state index in [4.69, 9.17) is 5.26 Å². The lowest BCUT2D eigenvalue weighted by atomic mass is 10.1. The van der Waals surface area contributed by atoms with Gasteiger partial charge in [0.25, 0.3) is 5.91 Å². The average Bonchev–Trinajstić information content (AvgIpc) is 2.59. The third kappa shape index (κ3) is 3.95. The Morgan fingerprint density at radius 1 is 1.05 bits per heavy atom. The van der Waals surface area contributed by atoms with Gasteiger partial charge in [-0.3, -0.25) is 4.79 Å². The van der Waals surface area contributed by atoms with Crippen LogP contribution in [0.25, 0.3) is 0 Å². The third-order valence-electron chi connectivity index (χ3n) is 3.57. The normalized spacial score (nSPS) is 10.0. The molecule has 0 bridgehead atoms. The van der Waals surface area contributed by atoms with Crippen LogP contribution in [0.2, 0.25) is 0 Å². The van der Waals surface area contributed by atoms with Gasteiger partial charge in [0.15, 0.2) is 0 Å². The van der Waals surface area contributed by atoms with Crippen LogP contribution in [-0.4, -0.2) is 23.9 Å². The molecule has 0 radical (unpaired) electrons. The molecule has 1 amide bonds. The minimum absolute atomic E-state index is 0.0602. The highest BCUT2D eigenvalue weighted by Gasteiger charge is 2.17. The number of benzene rings is 2. The second-order valence-electron chi connectivity index (χ2n) is 5.19.